The van der Waals surface area contributed by atoms with Gasteiger partial charge in [0.2, 0.25) is 0 Å². The van der Waals surface area contributed by atoms with Gasteiger partial charge in [0.05, 0.1) is 0 Å². The lowest BCUT2D eigenvalue weighted by Gasteiger charge is -2.37. The number of hydrogen-bond donors (Lipinski definition) is 0. The summed E-state index contributed by atoms with van der Waals surface area (Å²) < 4.78 is 0. The van der Waals surface area contributed by atoms with Crippen LogP contribution in [-0.2, 0) is 0 Å². The summed E-state index contributed by atoms with van der Waals surface area (Å²) in [6, 6.07) is 0. The fourth-order valence-corrected chi connectivity index (χ4v) is 1.72. The third-order valence-corrected chi connectivity index (χ3v) is 3.57. The normalized spacial score (nSPS) is 21.1. The maximum atomic E-state index is 4.04. The molecule has 0 radical (unpaired) electrons. The molecule has 0 aromatic heterocycles. The summed E-state index contributed by atoms with van der Waals surface area (Å²) in [5, 5.41) is 0. The Hall–Kier alpha value is -0.520. The number of allylic oxidation sites excluding steroid dienone is 2. The van der Waals surface area contributed by atoms with Crippen LogP contribution in [0.15, 0.2) is 24.3 Å². The molecule has 0 aliphatic heterocycles. The number of rotatable bonds is 1. The molecule has 1 rings (SSSR count). The van der Waals surface area contributed by atoms with E-state index in [4.69, 9.17) is 0 Å². The molecule has 0 aromatic carbocycles. The zero-order chi connectivity index (χ0) is 14.8. The van der Waals surface area contributed by atoms with Gasteiger partial charge >= 0.3 is 0 Å². The molecule has 0 aromatic rings. The van der Waals surface area contributed by atoms with E-state index < -0.39 is 0 Å². The molecule has 0 heteroatoms. The molecule has 1 fully saturated rings. The lowest BCUT2D eigenvalue weighted by Crippen LogP contribution is -2.26. The Kier molecular flexibility index (Phi) is 11.5. The molecule has 0 nitrogen and oxygen atoms in total. The van der Waals surface area contributed by atoms with Crippen molar-refractivity contribution in [2.24, 2.45) is 11.3 Å². The van der Waals surface area contributed by atoms with Crippen LogP contribution in [0, 0.1) is 11.3 Å². The second kappa shape index (κ2) is 10.4. The van der Waals surface area contributed by atoms with Crippen molar-refractivity contribution in [3.63, 3.8) is 0 Å². The van der Waals surface area contributed by atoms with E-state index in [1.807, 2.05) is 6.92 Å². The van der Waals surface area contributed by atoms with Gasteiger partial charge in [-0.15, -0.1) is 6.58 Å². The topological polar surface area (TPSA) is 0 Å². The van der Waals surface area contributed by atoms with Gasteiger partial charge in [-0.3, -0.25) is 0 Å². The average molecular weight is 252 g/mol. The van der Waals surface area contributed by atoms with E-state index in [0.717, 1.165) is 12.3 Å². The van der Waals surface area contributed by atoms with Gasteiger partial charge in [0.15, 0.2) is 0 Å². The van der Waals surface area contributed by atoms with E-state index in [-0.39, 0.29) is 0 Å². The van der Waals surface area contributed by atoms with Gasteiger partial charge in [-0.25, -0.2) is 0 Å². The third-order valence-electron chi connectivity index (χ3n) is 3.57. The van der Waals surface area contributed by atoms with Gasteiger partial charge in [0, 0.05) is 0 Å². The van der Waals surface area contributed by atoms with Crippen LogP contribution in [-0.4, -0.2) is 0 Å². The summed E-state index contributed by atoms with van der Waals surface area (Å²) in [4.78, 5) is 0. The molecule has 1 saturated carbocycles. The van der Waals surface area contributed by atoms with E-state index >= 15 is 0 Å². The van der Waals surface area contributed by atoms with Gasteiger partial charge in [0.1, 0.15) is 0 Å². The van der Waals surface area contributed by atoms with Gasteiger partial charge in [0.25, 0.3) is 0 Å². The van der Waals surface area contributed by atoms with Crippen LogP contribution in [0.4, 0.5) is 0 Å². The Balaban J connectivity index is 0. The zero-order valence-corrected chi connectivity index (χ0v) is 14.0. The number of hydrogen-bond acceptors (Lipinski definition) is 0. The highest BCUT2D eigenvalue weighted by Gasteiger charge is 2.29. The minimum atomic E-state index is 0.509. The van der Waals surface area contributed by atoms with Crippen molar-refractivity contribution in [3.8, 4) is 0 Å². The second-order valence-corrected chi connectivity index (χ2v) is 6.37. The van der Waals surface area contributed by atoms with Gasteiger partial charge < -0.3 is 0 Å². The molecule has 0 amide bonds. The molecule has 1 aliphatic rings. The van der Waals surface area contributed by atoms with E-state index in [2.05, 4.69) is 54.7 Å². The van der Waals surface area contributed by atoms with Crippen LogP contribution in [0.1, 0.15) is 80.6 Å². The van der Waals surface area contributed by atoms with Crippen molar-refractivity contribution in [1.29, 1.82) is 0 Å². The second-order valence-electron chi connectivity index (χ2n) is 6.37. The molecular weight excluding hydrogens is 216 g/mol. The highest BCUT2D eigenvalue weighted by Crippen LogP contribution is 2.41. The maximum absolute atomic E-state index is 4.04. The highest BCUT2D eigenvalue weighted by atomic mass is 14.3. The fourth-order valence-electron chi connectivity index (χ4n) is 1.72. The molecule has 0 unspecified atom stereocenters. The summed E-state index contributed by atoms with van der Waals surface area (Å²) in [5.74, 6) is 0.873. The van der Waals surface area contributed by atoms with Gasteiger partial charge in [-0.1, -0.05) is 65.7 Å². The molecule has 0 saturated heterocycles. The molecule has 0 heterocycles. The first-order valence-corrected chi connectivity index (χ1v) is 7.52. The zero-order valence-electron chi connectivity index (χ0n) is 14.0. The summed E-state index contributed by atoms with van der Waals surface area (Å²) in [6.45, 7) is 23.1. The fraction of sp³-hybridized carbons (Fsp3) is 0.778. The van der Waals surface area contributed by atoms with Crippen LogP contribution in [0.5, 0.6) is 0 Å². The SMILES string of the molecule is C=C(C)CC.C=C1CC[C@@H](C)C(C)(C)C1.CCC. The molecule has 0 spiro atoms. The van der Waals surface area contributed by atoms with Crippen LogP contribution < -0.4 is 0 Å². The van der Waals surface area contributed by atoms with Crippen molar-refractivity contribution in [2.75, 3.05) is 0 Å². The molecular formula is C18H36. The Morgan fingerprint density at radius 1 is 1.28 bits per heavy atom. The van der Waals surface area contributed by atoms with Gasteiger partial charge in [-0.05, 0) is 43.9 Å². The predicted molar refractivity (Wildman–Crippen MR) is 87.0 cm³/mol. The van der Waals surface area contributed by atoms with E-state index in [1.54, 1.807) is 0 Å². The van der Waals surface area contributed by atoms with E-state index in [1.165, 1.54) is 36.8 Å². The average Bonchev–Trinajstić information content (AvgIpc) is 2.25. The molecule has 108 valence electrons. The Morgan fingerprint density at radius 3 is 1.89 bits per heavy atom. The maximum Gasteiger partial charge on any atom is -0.0269 e. The Morgan fingerprint density at radius 2 is 1.67 bits per heavy atom. The first-order chi connectivity index (χ1) is 8.21. The van der Waals surface area contributed by atoms with Crippen molar-refractivity contribution in [1.82, 2.24) is 0 Å². The summed E-state index contributed by atoms with van der Waals surface area (Å²) in [5.41, 5.74) is 3.21. The Bertz CT molecular complexity index is 232. The highest BCUT2D eigenvalue weighted by molar-refractivity contribution is 5.04. The van der Waals surface area contributed by atoms with Crippen LogP contribution in [0.3, 0.4) is 0 Å². The lowest BCUT2D eigenvalue weighted by molar-refractivity contribution is 0.188. The molecule has 1 aliphatic carbocycles. The van der Waals surface area contributed by atoms with Crippen molar-refractivity contribution >= 4 is 0 Å². The minimum absolute atomic E-state index is 0.509. The first kappa shape index (κ1) is 19.8. The van der Waals surface area contributed by atoms with Crippen molar-refractivity contribution in [3.05, 3.63) is 24.3 Å². The quantitative estimate of drug-likeness (QED) is 0.451. The van der Waals surface area contributed by atoms with Gasteiger partial charge in [-0.2, -0.15) is 0 Å². The van der Waals surface area contributed by atoms with E-state index in [0.29, 0.717) is 5.41 Å². The van der Waals surface area contributed by atoms with Crippen LogP contribution in [0.2, 0.25) is 0 Å². The summed E-state index contributed by atoms with van der Waals surface area (Å²) in [6.07, 6.45) is 6.19. The van der Waals surface area contributed by atoms with Crippen LogP contribution >= 0.6 is 0 Å². The van der Waals surface area contributed by atoms with Crippen molar-refractivity contribution < 1.29 is 0 Å². The summed E-state index contributed by atoms with van der Waals surface area (Å²) >= 11 is 0. The predicted octanol–water partition coefficient (Wildman–Crippen LogP) is 6.78. The van der Waals surface area contributed by atoms with Crippen molar-refractivity contribution in [2.45, 2.75) is 80.6 Å². The third kappa shape index (κ3) is 10.6. The van der Waals surface area contributed by atoms with Crippen LogP contribution in [0.25, 0.3) is 0 Å². The Labute approximate surface area is 117 Å². The standard InChI is InChI=1S/C10H18.C5H10.C3H8/c1-8-5-6-9(2)10(3,4)7-8;1-4-5(2)3;1-3-2/h9H,1,5-7H2,2-4H3;2,4H2,1,3H3;3H2,1-2H3/t9-;;/m1../s1. The molecule has 18 heavy (non-hydrogen) atoms. The smallest absolute Gasteiger partial charge is 0.0269 e. The first-order valence-electron chi connectivity index (χ1n) is 7.52. The largest absolute Gasteiger partial charge is 0.100 e. The molecule has 0 bridgehead atoms. The monoisotopic (exact) mass is 252 g/mol. The van der Waals surface area contributed by atoms with E-state index in [9.17, 15) is 0 Å². The molecule has 0 N–H and O–H groups in total. The molecule has 1 atom stereocenters. The minimum Gasteiger partial charge on any atom is -0.100 e. The lowest BCUT2D eigenvalue weighted by atomic mass is 9.68. The summed E-state index contributed by atoms with van der Waals surface area (Å²) in [7, 11) is 0.